The minimum atomic E-state index is -0.795. The normalized spacial score (nSPS) is 12.2. The van der Waals surface area contributed by atoms with Gasteiger partial charge in [0.1, 0.15) is 0 Å². The Bertz CT molecular complexity index is 370. The van der Waals surface area contributed by atoms with Crippen LogP contribution in [0.25, 0.3) is 0 Å². The second-order valence-corrected chi connectivity index (χ2v) is 5.37. The minimum Gasteiger partial charge on any atom is -0.481 e. The van der Waals surface area contributed by atoms with Crippen LogP contribution in [-0.2, 0) is 4.79 Å². The van der Waals surface area contributed by atoms with E-state index in [2.05, 4.69) is 43.8 Å². The number of hydrogen-bond acceptors (Lipinski definition) is 2. The summed E-state index contributed by atoms with van der Waals surface area (Å²) in [5, 5.41) is 11.8. The van der Waals surface area contributed by atoms with Crippen LogP contribution in [0, 0.1) is 3.57 Å². The van der Waals surface area contributed by atoms with E-state index in [0.717, 1.165) is 13.7 Å². The van der Waals surface area contributed by atoms with Crippen molar-refractivity contribution in [3.63, 3.8) is 0 Å². The molecular weight excluding hydrogens is 373 g/mol. The van der Waals surface area contributed by atoms with Gasteiger partial charge in [0.2, 0.25) is 0 Å². The van der Waals surface area contributed by atoms with Gasteiger partial charge in [-0.1, -0.05) is 0 Å². The number of carbonyl (C=O) groups is 1. The van der Waals surface area contributed by atoms with Crippen molar-refractivity contribution >= 4 is 50.2 Å². The molecule has 0 radical (unpaired) electrons. The highest BCUT2D eigenvalue weighted by Gasteiger charge is 2.09. The molecule has 0 spiro atoms. The third-order valence-corrected chi connectivity index (χ3v) is 3.17. The Morgan fingerprint density at radius 3 is 2.93 bits per heavy atom. The zero-order valence-corrected chi connectivity index (χ0v) is 11.9. The van der Waals surface area contributed by atoms with Crippen LogP contribution in [0.15, 0.2) is 22.7 Å². The molecule has 0 aromatic heterocycles. The van der Waals surface area contributed by atoms with Crippen LogP contribution >= 0.6 is 38.5 Å². The van der Waals surface area contributed by atoms with Crippen molar-refractivity contribution in [3.05, 3.63) is 26.2 Å². The molecule has 5 heteroatoms. The highest BCUT2D eigenvalue weighted by molar-refractivity contribution is 14.1. The predicted molar refractivity (Wildman–Crippen MR) is 72.2 cm³/mol. The van der Waals surface area contributed by atoms with Crippen molar-refractivity contribution in [2.75, 3.05) is 5.32 Å². The lowest BCUT2D eigenvalue weighted by molar-refractivity contribution is -0.137. The highest BCUT2D eigenvalue weighted by Crippen LogP contribution is 2.25. The van der Waals surface area contributed by atoms with Crippen LogP contribution in [-0.4, -0.2) is 17.1 Å². The molecule has 1 aromatic carbocycles. The van der Waals surface area contributed by atoms with Gasteiger partial charge >= 0.3 is 5.97 Å². The molecule has 0 fully saturated rings. The minimum absolute atomic E-state index is 0.0861. The molecule has 0 aliphatic heterocycles. The fourth-order valence-electron chi connectivity index (χ4n) is 1.19. The smallest absolute Gasteiger partial charge is 0.305 e. The van der Waals surface area contributed by atoms with E-state index in [4.69, 9.17) is 5.11 Å². The molecule has 0 aliphatic rings. The van der Waals surface area contributed by atoms with Gasteiger partial charge in [-0.2, -0.15) is 0 Å². The molecule has 3 nitrogen and oxygen atoms in total. The number of hydrogen-bond donors (Lipinski definition) is 2. The lowest BCUT2D eigenvalue weighted by Crippen LogP contribution is -2.19. The van der Waals surface area contributed by atoms with Crippen LogP contribution < -0.4 is 5.32 Å². The number of carboxylic acids is 1. The number of nitrogens with one attached hydrogen (secondary N) is 1. The Balaban J connectivity index is 2.71. The topological polar surface area (TPSA) is 49.3 Å². The van der Waals surface area contributed by atoms with Crippen LogP contribution in [0.1, 0.15) is 13.3 Å². The summed E-state index contributed by atoms with van der Waals surface area (Å²) in [4.78, 5) is 10.5. The van der Waals surface area contributed by atoms with E-state index in [-0.39, 0.29) is 12.5 Å². The number of benzene rings is 1. The summed E-state index contributed by atoms with van der Waals surface area (Å²) in [7, 11) is 0. The van der Waals surface area contributed by atoms with Gasteiger partial charge in [-0.05, 0) is 63.6 Å². The molecule has 0 heterocycles. The van der Waals surface area contributed by atoms with Crippen molar-refractivity contribution in [3.8, 4) is 0 Å². The molecular formula is C10H11BrINO2. The van der Waals surface area contributed by atoms with Crippen molar-refractivity contribution < 1.29 is 9.90 Å². The molecule has 2 N–H and O–H groups in total. The second kappa shape index (κ2) is 5.69. The van der Waals surface area contributed by atoms with Gasteiger partial charge in [0.15, 0.2) is 0 Å². The first-order valence-corrected chi connectivity index (χ1v) is 6.29. The van der Waals surface area contributed by atoms with Crippen molar-refractivity contribution in [2.45, 2.75) is 19.4 Å². The molecule has 0 saturated carbocycles. The number of carboxylic acid groups (broad SMARTS) is 1. The lowest BCUT2D eigenvalue weighted by atomic mass is 10.2. The third kappa shape index (κ3) is 4.38. The molecule has 0 saturated heterocycles. The maximum atomic E-state index is 10.5. The van der Waals surface area contributed by atoms with E-state index in [1.54, 1.807) is 0 Å². The first-order chi connectivity index (χ1) is 6.99. The van der Waals surface area contributed by atoms with Crippen LogP contribution in [0.2, 0.25) is 0 Å². The molecule has 0 aliphatic carbocycles. The molecule has 1 aromatic rings. The van der Waals surface area contributed by atoms with Gasteiger partial charge in [0.05, 0.1) is 6.42 Å². The number of anilines is 1. The van der Waals surface area contributed by atoms with Gasteiger partial charge in [0, 0.05) is 19.8 Å². The van der Waals surface area contributed by atoms with E-state index < -0.39 is 5.97 Å². The van der Waals surface area contributed by atoms with E-state index >= 15 is 0 Å². The number of aliphatic carboxylic acids is 1. The Morgan fingerprint density at radius 2 is 2.33 bits per heavy atom. The summed E-state index contributed by atoms with van der Waals surface area (Å²) in [6.45, 7) is 1.85. The third-order valence-electron chi connectivity index (χ3n) is 1.81. The summed E-state index contributed by atoms with van der Waals surface area (Å²) in [6, 6.07) is 5.81. The number of rotatable bonds is 4. The lowest BCUT2D eigenvalue weighted by Gasteiger charge is -2.14. The molecule has 82 valence electrons. The van der Waals surface area contributed by atoms with E-state index in [0.29, 0.717) is 0 Å². The average Bonchev–Trinajstić information content (AvgIpc) is 2.10. The Morgan fingerprint density at radius 1 is 1.67 bits per heavy atom. The zero-order valence-electron chi connectivity index (χ0n) is 8.13. The van der Waals surface area contributed by atoms with Crippen molar-refractivity contribution in [1.82, 2.24) is 0 Å². The van der Waals surface area contributed by atoms with Gasteiger partial charge in [-0.15, -0.1) is 0 Å². The van der Waals surface area contributed by atoms with Crippen LogP contribution in [0.4, 0.5) is 5.69 Å². The molecule has 1 atom stereocenters. The van der Waals surface area contributed by atoms with Crippen LogP contribution in [0.3, 0.4) is 0 Å². The maximum absolute atomic E-state index is 10.5. The molecule has 0 bridgehead atoms. The Kier molecular flexibility index (Phi) is 4.85. The quantitative estimate of drug-likeness (QED) is 0.784. The fraction of sp³-hybridized carbons (Fsp3) is 0.300. The van der Waals surface area contributed by atoms with Crippen LogP contribution in [0.5, 0.6) is 0 Å². The van der Waals surface area contributed by atoms with Gasteiger partial charge in [-0.25, -0.2) is 0 Å². The molecule has 1 rings (SSSR count). The molecule has 15 heavy (non-hydrogen) atoms. The van der Waals surface area contributed by atoms with E-state index in [9.17, 15) is 4.79 Å². The Hall–Kier alpha value is -0.300. The summed E-state index contributed by atoms with van der Waals surface area (Å²) >= 11 is 5.63. The second-order valence-electron chi connectivity index (χ2n) is 3.27. The average molecular weight is 384 g/mol. The first-order valence-electron chi connectivity index (χ1n) is 4.42. The maximum Gasteiger partial charge on any atom is 0.305 e. The number of halogens is 2. The van der Waals surface area contributed by atoms with E-state index in [1.165, 1.54) is 0 Å². The molecule has 1 unspecified atom stereocenters. The van der Waals surface area contributed by atoms with Gasteiger partial charge in [-0.3, -0.25) is 4.79 Å². The first kappa shape index (κ1) is 12.8. The van der Waals surface area contributed by atoms with Crippen molar-refractivity contribution in [1.29, 1.82) is 0 Å². The molecule has 0 amide bonds. The summed E-state index contributed by atoms with van der Waals surface area (Å²) in [5.74, 6) is -0.795. The zero-order chi connectivity index (χ0) is 11.4. The summed E-state index contributed by atoms with van der Waals surface area (Å²) in [5.41, 5.74) is 0.927. The van der Waals surface area contributed by atoms with Crippen molar-refractivity contribution in [2.24, 2.45) is 0 Å². The predicted octanol–water partition coefficient (Wildman–Crippen LogP) is 3.33. The summed E-state index contributed by atoms with van der Waals surface area (Å²) in [6.07, 6.45) is 0.109. The SMILES string of the molecule is CC(CC(=O)O)Nc1cc(I)ccc1Br. The largest absolute Gasteiger partial charge is 0.481 e. The van der Waals surface area contributed by atoms with E-state index in [1.807, 2.05) is 25.1 Å². The van der Waals surface area contributed by atoms with Gasteiger partial charge in [0.25, 0.3) is 0 Å². The fourth-order valence-corrected chi connectivity index (χ4v) is 2.04. The van der Waals surface area contributed by atoms with Gasteiger partial charge < -0.3 is 10.4 Å². The summed E-state index contributed by atoms with van der Waals surface area (Å²) < 4.78 is 2.06. The Labute approximate surface area is 111 Å². The highest BCUT2D eigenvalue weighted by atomic mass is 127. The monoisotopic (exact) mass is 383 g/mol. The standard InChI is InChI=1S/C10H11BrINO2/c1-6(4-10(14)15)13-9-5-7(12)2-3-8(9)11/h2-3,5-6,13H,4H2,1H3,(H,14,15).